The number of ether oxygens (including phenoxy) is 1. The topological polar surface area (TPSA) is 90.6 Å². The maximum absolute atomic E-state index is 12.2. The SMILES string of the molecule is CC(Oc1ccc(O)cc1)C(=O)O.N#Cc1cccc(F)c1. The number of carboxylic acids is 1. The maximum Gasteiger partial charge on any atom is 0.344 e. The molecule has 0 aromatic heterocycles. The van der Waals surface area contributed by atoms with Gasteiger partial charge < -0.3 is 14.9 Å². The van der Waals surface area contributed by atoms with E-state index in [1.165, 1.54) is 49.4 Å². The number of nitriles is 1. The Hall–Kier alpha value is -3.07. The molecule has 0 aliphatic carbocycles. The molecular weight excluding hydrogens is 289 g/mol. The average Bonchev–Trinajstić information content (AvgIpc) is 2.50. The van der Waals surface area contributed by atoms with Crippen molar-refractivity contribution in [3.8, 4) is 17.6 Å². The fraction of sp³-hybridized carbons (Fsp3) is 0.125. The van der Waals surface area contributed by atoms with E-state index < -0.39 is 12.1 Å². The zero-order chi connectivity index (χ0) is 16.5. The summed E-state index contributed by atoms with van der Waals surface area (Å²) >= 11 is 0. The van der Waals surface area contributed by atoms with Crippen molar-refractivity contribution in [2.24, 2.45) is 0 Å². The van der Waals surface area contributed by atoms with E-state index in [0.29, 0.717) is 11.3 Å². The lowest BCUT2D eigenvalue weighted by atomic mass is 10.2. The first-order chi connectivity index (χ1) is 10.4. The number of aromatic hydroxyl groups is 1. The minimum absolute atomic E-state index is 0.121. The quantitative estimate of drug-likeness (QED) is 0.909. The number of carbonyl (C=O) groups is 1. The summed E-state index contributed by atoms with van der Waals surface area (Å²) in [5, 5.41) is 25.7. The standard InChI is InChI=1S/C9H10O4.C7H4FN/c1-6(9(11)12)13-8-4-2-7(10)3-5-8;8-7-3-1-2-6(4-7)5-9/h2-6,10H,1H3,(H,11,12);1-4H. The number of phenolic OH excluding ortho intramolecular Hbond substituents is 1. The van der Waals surface area contributed by atoms with Crippen molar-refractivity contribution in [1.82, 2.24) is 0 Å². The number of hydrogen-bond acceptors (Lipinski definition) is 4. The van der Waals surface area contributed by atoms with Crippen LogP contribution in [0.1, 0.15) is 12.5 Å². The van der Waals surface area contributed by atoms with Crippen LogP contribution in [-0.4, -0.2) is 22.3 Å². The van der Waals surface area contributed by atoms with Gasteiger partial charge >= 0.3 is 5.97 Å². The minimum Gasteiger partial charge on any atom is -0.508 e. The summed E-state index contributed by atoms with van der Waals surface area (Å²) < 4.78 is 17.2. The molecule has 0 saturated carbocycles. The van der Waals surface area contributed by atoms with Gasteiger partial charge in [-0.1, -0.05) is 6.07 Å². The third-order valence-corrected chi connectivity index (χ3v) is 2.45. The molecule has 0 heterocycles. The van der Waals surface area contributed by atoms with Crippen LogP contribution in [0.3, 0.4) is 0 Å². The average molecular weight is 303 g/mol. The van der Waals surface area contributed by atoms with E-state index in [2.05, 4.69) is 0 Å². The summed E-state index contributed by atoms with van der Waals surface area (Å²) in [6, 6.07) is 13.3. The number of carboxylic acid groups (broad SMARTS) is 1. The van der Waals surface area contributed by atoms with Crippen molar-refractivity contribution in [2.75, 3.05) is 0 Å². The van der Waals surface area contributed by atoms with Crippen LogP contribution in [0, 0.1) is 17.1 Å². The molecule has 2 rings (SSSR count). The van der Waals surface area contributed by atoms with E-state index in [9.17, 15) is 9.18 Å². The third kappa shape index (κ3) is 5.92. The van der Waals surface area contributed by atoms with Gasteiger partial charge in [0, 0.05) is 0 Å². The monoisotopic (exact) mass is 303 g/mol. The van der Waals surface area contributed by atoms with Gasteiger partial charge in [0.15, 0.2) is 6.10 Å². The molecule has 0 saturated heterocycles. The molecule has 0 amide bonds. The summed E-state index contributed by atoms with van der Waals surface area (Å²) in [6.07, 6.45) is -0.885. The van der Waals surface area contributed by atoms with Gasteiger partial charge in [-0.2, -0.15) is 5.26 Å². The van der Waals surface area contributed by atoms with Gasteiger partial charge in [-0.05, 0) is 49.4 Å². The lowest BCUT2D eigenvalue weighted by Gasteiger charge is -2.09. The zero-order valence-corrected chi connectivity index (χ0v) is 11.7. The van der Waals surface area contributed by atoms with E-state index in [-0.39, 0.29) is 11.6 Å². The number of halogens is 1. The van der Waals surface area contributed by atoms with Crippen LogP contribution in [-0.2, 0) is 4.79 Å². The van der Waals surface area contributed by atoms with E-state index in [1.54, 1.807) is 6.07 Å². The molecule has 2 aromatic rings. The Labute approximate surface area is 126 Å². The van der Waals surface area contributed by atoms with Gasteiger partial charge in [0.2, 0.25) is 0 Å². The Balaban J connectivity index is 0.000000235. The number of nitrogens with zero attached hydrogens (tertiary/aromatic N) is 1. The van der Waals surface area contributed by atoms with Crippen molar-refractivity contribution < 1.29 is 24.1 Å². The molecule has 5 nitrogen and oxygen atoms in total. The van der Waals surface area contributed by atoms with Gasteiger partial charge in [0.1, 0.15) is 17.3 Å². The van der Waals surface area contributed by atoms with E-state index >= 15 is 0 Å². The largest absolute Gasteiger partial charge is 0.508 e. The highest BCUT2D eigenvalue weighted by Gasteiger charge is 2.11. The van der Waals surface area contributed by atoms with Crippen LogP contribution in [0.15, 0.2) is 48.5 Å². The number of aliphatic carboxylic acids is 1. The van der Waals surface area contributed by atoms with Gasteiger partial charge in [-0.3, -0.25) is 0 Å². The summed E-state index contributed by atoms with van der Waals surface area (Å²) in [5.74, 6) is -0.842. The maximum atomic E-state index is 12.2. The fourth-order valence-electron chi connectivity index (χ4n) is 1.34. The second-order valence-corrected chi connectivity index (χ2v) is 4.21. The summed E-state index contributed by atoms with van der Waals surface area (Å²) in [7, 11) is 0. The third-order valence-electron chi connectivity index (χ3n) is 2.45. The normalized spacial score (nSPS) is 10.6. The molecule has 0 radical (unpaired) electrons. The minimum atomic E-state index is -1.02. The molecule has 6 heteroatoms. The van der Waals surface area contributed by atoms with Crippen LogP contribution in [0.4, 0.5) is 4.39 Å². The predicted molar refractivity (Wildman–Crippen MR) is 76.9 cm³/mol. The van der Waals surface area contributed by atoms with Crippen molar-refractivity contribution in [1.29, 1.82) is 5.26 Å². The molecule has 0 aliphatic heterocycles. The van der Waals surface area contributed by atoms with Crippen LogP contribution in [0.5, 0.6) is 11.5 Å². The summed E-state index contributed by atoms with van der Waals surface area (Å²) in [5.41, 5.74) is 0.356. The Kier molecular flexibility index (Phi) is 6.38. The van der Waals surface area contributed by atoms with Crippen LogP contribution < -0.4 is 4.74 Å². The molecule has 0 spiro atoms. The Bertz CT molecular complexity index is 665. The zero-order valence-electron chi connectivity index (χ0n) is 11.7. The van der Waals surface area contributed by atoms with Crippen LogP contribution >= 0.6 is 0 Å². The van der Waals surface area contributed by atoms with E-state index in [0.717, 1.165) is 0 Å². The van der Waals surface area contributed by atoms with Gasteiger partial charge in [-0.15, -0.1) is 0 Å². The summed E-state index contributed by atoms with van der Waals surface area (Å²) in [6.45, 7) is 1.44. The molecular formula is C16H14FNO4. The Morgan fingerprint density at radius 2 is 1.91 bits per heavy atom. The number of hydrogen-bond donors (Lipinski definition) is 2. The van der Waals surface area contributed by atoms with Gasteiger partial charge in [0.25, 0.3) is 0 Å². The van der Waals surface area contributed by atoms with E-state index in [1.807, 2.05) is 6.07 Å². The second kappa shape index (κ2) is 8.27. The Morgan fingerprint density at radius 1 is 1.27 bits per heavy atom. The highest BCUT2D eigenvalue weighted by molar-refractivity contribution is 5.72. The molecule has 1 unspecified atom stereocenters. The lowest BCUT2D eigenvalue weighted by molar-refractivity contribution is -0.144. The van der Waals surface area contributed by atoms with Gasteiger partial charge in [-0.25, -0.2) is 9.18 Å². The number of rotatable bonds is 3. The highest BCUT2D eigenvalue weighted by Crippen LogP contribution is 2.16. The van der Waals surface area contributed by atoms with Gasteiger partial charge in [0.05, 0.1) is 11.6 Å². The molecule has 0 fully saturated rings. The van der Waals surface area contributed by atoms with Crippen LogP contribution in [0.2, 0.25) is 0 Å². The molecule has 22 heavy (non-hydrogen) atoms. The number of phenols is 1. The number of benzene rings is 2. The first-order valence-electron chi connectivity index (χ1n) is 6.26. The predicted octanol–water partition coefficient (Wildman–Crippen LogP) is 2.94. The molecule has 0 aliphatic rings. The molecule has 0 bridgehead atoms. The fourth-order valence-corrected chi connectivity index (χ4v) is 1.34. The smallest absolute Gasteiger partial charge is 0.344 e. The molecule has 114 valence electrons. The van der Waals surface area contributed by atoms with Crippen molar-refractivity contribution in [3.63, 3.8) is 0 Å². The van der Waals surface area contributed by atoms with Crippen molar-refractivity contribution in [2.45, 2.75) is 13.0 Å². The van der Waals surface area contributed by atoms with E-state index in [4.69, 9.17) is 20.2 Å². The van der Waals surface area contributed by atoms with Crippen molar-refractivity contribution >= 4 is 5.97 Å². The van der Waals surface area contributed by atoms with Crippen molar-refractivity contribution in [3.05, 3.63) is 59.9 Å². The first-order valence-corrected chi connectivity index (χ1v) is 6.26. The molecule has 2 aromatic carbocycles. The molecule has 2 N–H and O–H groups in total. The molecule has 1 atom stereocenters. The Morgan fingerprint density at radius 3 is 2.36 bits per heavy atom. The lowest BCUT2D eigenvalue weighted by Crippen LogP contribution is -2.22. The second-order valence-electron chi connectivity index (χ2n) is 4.21. The first kappa shape index (κ1) is 17.0. The van der Waals surface area contributed by atoms with Crippen LogP contribution in [0.25, 0.3) is 0 Å². The summed E-state index contributed by atoms with van der Waals surface area (Å²) in [4.78, 5) is 10.4. The highest BCUT2D eigenvalue weighted by atomic mass is 19.1.